The lowest BCUT2D eigenvalue weighted by Crippen LogP contribution is -2.22. The molecule has 3 rings (SSSR count). The second-order valence-electron chi connectivity index (χ2n) is 4.55. The lowest BCUT2D eigenvalue weighted by Gasteiger charge is -2.07. The second kappa shape index (κ2) is 4.62. The highest BCUT2D eigenvalue weighted by Crippen LogP contribution is 2.34. The van der Waals surface area contributed by atoms with Crippen LogP contribution in [0.15, 0.2) is 18.2 Å². The third-order valence-corrected chi connectivity index (χ3v) is 3.99. The van der Waals surface area contributed by atoms with Crippen LogP contribution in [0.3, 0.4) is 0 Å². The molecule has 1 aromatic carbocycles. The molecule has 20 heavy (non-hydrogen) atoms. The van der Waals surface area contributed by atoms with Crippen molar-refractivity contribution < 1.29 is 18.0 Å². The molecular weight excluding hydrogens is 291 g/mol. The summed E-state index contributed by atoms with van der Waals surface area (Å²) in [7, 11) is 0. The number of nitrogens with zero attached hydrogens (tertiary/aromatic N) is 1. The van der Waals surface area contributed by atoms with Gasteiger partial charge in [-0.3, -0.25) is 4.79 Å². The van der Waals surface area contributed by atoms with Gasteiger partial charge in [-0.05, 0) is 18.2 Å². The number of halogens is 3. The predicted molar refractivity (Wildman–Crippen MR) is 69.7 cm³/mol. The van der Waals surface area contributed by atoms with E-state index in [1.807, 2.05) is 0 Å². The monoisotopic (exact) mass is 301 g/mol. The SMILES string of the molecule is O=C1CC(Nc2nc3cc(C(F)(F)F)ccc3s2)CN1. The standard InChI is InChI=1S/C12H10F3N3OS/c13-12(14,15)6-1-2-9-8(3-6)18-11(20-9)17-7-4-10(19)16-5-7/h1-3,7H,4-5H2,(H,16,19)(H,17,18). The zero-order chi connectivity index (χ0) is 14.3. The summed E-state index contributed by atoms with van der Waals surface area (Å²) in [5.41, 5.74) is -0.399. The van der Waals surface area contributed by atoms with Crippen LogP contribution in [0, 0.1) is 0 Å². The number of hydrogen-bond acceptors (Lipinski definition) is 4. The quantitative estimate of drug-likeness (QED) is 0.896. The minimum atomic E-state index is -4.37. The summed E-state index contributed by atoms with van der Waals surface area (Å²) in [5, 5.41) is 6.27. The van der Waals surface area contributed by atoms with Crippen molar-refractivity contribution in [3.05, 3.63) is 23.8 Å². The van der Waals surface area contributed by atoms with E-state index in [4.69, 9.17) is 0 Å². The molecule has 2 N–H and O–H groups in total. The molecule has 1 aliphatic rings. The molecule has 8 heteroatoms. The van der Waals surface area contributed by atoms with Crippen LogP contribution in [-0.2, 0) is 11.0 Å². The lowest BCUT2D eigenvalue weighted by atomic mass is 10.2. The van der Waals surface area contributed by atoms with Crippen LogP contribution in [0.25, 0.3) is 10.2 Å². The number of anilines is 1. The summed E-state index contributed by atoms with van der Waals surface area (Å²) in [6.07, 6.45) is -4.02. The predicted octanol–water partition coefficient (Wildman–Crippen LogP) is 2.62. The van der Waals surface area contributed by atoms with Crippen molar-refractivity contribution in [2.24, 2.45) is 0 Å². The van der Waals surface area contributed by atoms with Gasteiger partial charge in [-0.25, -0.2) is 4.98 Å². The van der Waals surface area contributed by atoms with Crippen LogP contribution in [-0.4, -0.2) is 23.5 Å². The van der Waals surface area contributed by atoms with Gasteiger partial charge in [0, 0.05) is 13.0 Å². The molecule has 0 saturated carbocycles. The third kappa shape index (κ3) is 2.55. The van der Waals surface area contributed by atoms with Gasteiger partial charge < -0.3 is 10.6 Å². The fourth-order valence-electron chi connectivity index (χ4n) is 2.05. The molecule has 0 aliphatic carbocycles. The molecule has 1 aliphatic heterocycles. The van der Waals surface area contributed by atoms with Crippen LogP contribution in [0.5, 0.6) is 0 Å². The molecule has 106 valence electrons. The highest BCUT2D eigenvalue weighted by Gasteiger charge is 2.31. The van der Waals surface area contributed by atoms with Crippen molar-refractivity contribution >= 4 is 32.6 Å². The summed E-state index contributed by atoms with van der Waals surface area (Å²) in [6.45, 7) is 0.503. The zero-order valence-electron chi connectivity index (χ0n) is 10.1. The maximum atomic E-state index is 12.6. The van der Waals surface area contributed by atoms with E-state index in [-0.39, 0.29) is 11.9 Å². The Kier molecular flexibility index (Phi) is 3.04. The molecule has 1 saturated heterocycles. The van der Waals surface area contributed by atoms with E-state index in [0.29, 0.717) is 28.3 Å². The van der Waals surface area contributed by atoms with Crippen molar-refractivity contribution in [1.29, 1.82) is 0 Å². The van der Waals surface area contributed by atoms with Crippen LogP contribution in [0.2, 0.25) is 0 Å². The summed E-state index contributed by atoms with van der Waals surface area (Å²) in [6, 6.07) is 3.43. The largest absolute Gasteiger partial charge is 0.416 e. The van der Waals surface area contributed by atoms with Crippen molar-refractivity contribution in [3.63, 3.8) is 0 Å². The molecule has 4 nitrogen and oxygen atoms in total. The van der Waals surface area contributed by atoms with E-state index in [0.717, 1.165) is 12.1 Å². The number of amides is 1. The number of nitrogens with one attached hydrogen (secondary N) is 2. The Morgan fingerprint density at radius 2 is 2.20 bits per heavy atom. The van der Waals surface area contributed by atoms with E-state index < -0.39 is 11.7 Å². The van der Waals surface area contributed by atoms with Gasteiger partial charge in [-0.2, -0.15) is 13.2 Å². The first-order valence-electron chi connectivity index (χ1n) is 5.93. The average Bonchev–Trinajstić information content (AvgIpc) is 2.93. The van der Waals surface area contributed by atoms with E-state index in [1.165, 1.54) is 17.4 Å². The third-order valence-electron chi connectivity index (χ3n) is 3.02. The van der Waals surface area contributed by atoms with Gasteiger partial charge in [0.05, 0.1) is 21.8 Å². The van der Waals surface area contributed by atoms with E-state index in [1.54, 1.807) is 0 Å². The molecule has 0 bridgehead atoms. The van der Waals surface area contributed by atoms with Crippen molar-refractivity contribution in [2.75, 3.05) is 11.9 Å². The number of rotatable bonds is 2. The number of fused-ring (bicyclic) bond motifs is 1. The van der Waals surface area contributed by atoms with Gasteiger partial charge >= 0.3 is 6.18 Å². The van der Waals surface area contributed by atoms with E-state index in [2.05, 4.69) is 15.6 Å². The van der Waals surface area contributed by atoms with Gasteiger partial charge in [0.25, 0.3) is 0 Å². The first-order chi connectivity index (χ1) is 9.41. The first kappa shape index (κ1) is 13.2. The lowest BCUT2D eigenvalue weighted by molar-refractivity contribution is -0.137. The summed E-state index contributed by atoms with van der Waals surface area (Å²) < 4.78 is 38.5. The average molecular weight is 301 g/mol. The Hall–Kier alpha value is -1.83. The fraction of sp³-hybridized carbons (Fsp3) is 0.333. The van der Waals surface area contributed by atoms with Crippen molar-refractivity contribution in [3.8, 4) is 0 Å². The van der Waals surface area contributed by atoms with Gasteiger partial charge in [0.15, 0.2) is 5.13 Å². The highest BCUT2D eigenvalue weighted by molar-refractivity contribution is 7.22. The van der Waals surface area contributed by atoms with Gasteiger partial charge in [-0.1, -0.05) is 11.3 Å². The molecule has 0 radical (unpaired) electrons. The molecule has 1 atom stereocenters. The molecule has 2 aromatic rings. The Bertz CT molecular complexity index is 668. The number of thiazole rings is 1. The molecule has 1 aromatic heterocycles. The zero-order valence-corrected chi connectivity index (χ0v) is 10.9. The number of carbonyl (C=O) groups is 1. The normalized spacial score (nSPS) is 19.4. The Morgan fingerprint density at radius 1 is 1.40 bits per heavy atom. The summed E-state index contributed by atoms with van der Waals surface area (Å²) in [5.74, 6) is -0.0389. The van der Waals surface area contributed by atoms with E-state index >= 15 is 0 Å². The van der Waals surface area contributed by atoms with Crippen LogP contribution in [0.1, 0.15) is 12.0 Å². The second-order valence-corrected chi connectivity index (χ2v) is 5.58. The molecule has 0 spiro atoms. The fourth-order valence-corrected chi connectivity index (χ4v) is 2.97. The Labute approximate surface area is 116 Å². The summed E-state index contributed by atoms with van der Waals surface area (Å²) >= 11 is 1.28. The maximum absolute atomic E-state index is 12.6. The Morgan fingerprint density at radius 3 is 2.85 bits per heavy atom. The van der Waals surface area contributed by atoms with Crippen LogP contribution >= 0.6 is 11.3 Å². The van der Waals surface area contributed by atoms with Crippen molar-refractivity contribution in [2.45, 2.75) is 18.6 Å². The Balaban J connectivity index is 1.85. The number of alkyl halides is 3. The van der Waals surface area contributed by atoms with Gasteiger partial charge in [-0.15, -0.1) is 0 Å². The number of hydrogen-bond donors (Lipinski definition) is 2. The highest BCUT2D eigenvalue weighted by atomic mass is 32.1. The minimum Gasteiger partial charge on any atom is -0.356 e. The number of benzene rings is 1. The topological polar surface area (TPSA) is 54.0 Å². The van der Waals surface area contributed by atoms with E-state index in [9.17, 15) is 18.0 Å². The van der Waals surface area contributed by atoms with Crippen molar-refractivity contribution in [1.82, 2.24) is 10.3 Å². The van der Waals surface area contributed by atoms with Crippen LogP contribution < -0.4 is 10.6 Å². The molecular formula is C12H10F3N3OS. The maximum Gasteiger partial charge on any atom is 0.416 e. The molecule has 1 amide bonds. The number of aromatic nitrogens is 1. The van der Waals surface area contributed by atoms with Gasteiger partial charge in [0.1, 0.15) is 0 Å². The minimum absolute atomic E-state index is 0.0389. The summed E-state index contributed by atoms with van der Waals surface area (Å²) in [4.78, 5) is 15.2. The van der Waals surface area contributed by atoms with Crippen LogP contribution in [0.4, 0.5) is 18.3 Å². The smallest absolute Gasteiger partial charge is 0.356 e. The molecule has 2 heterocycles. The molecule has 1 unspecified atom stereocenters. The molecule has 1 fully saturated rings. The first-order valence-corrected chi connectivity index (χ1v) is 6.74. The number of carbonyl (C=O) groups excluding carboxylic acids is 1. The van der Waals surface area contributed by atoms with Gasteiger partial charge in [0.2, 0.25) is 5.91 Å².